The van der Waals surface area contributed by atoms with E-state index in [4.69, 9.17) is 12.2 Å². The van der Waals surface area contributed by atoms with Crippen molar-refractivity contribution in [1.29, 1.82) is 0 Å². The lowest BCUT2D eigenvalue weighted by Gasteiger charge is -2.02. The molecule has 2 aromatic rings. The largest absolute Gasteiger partial charge is 0.308 e. The molecule has 0 aliphatic carbocycles. The van der Waals surface area contributed by atoms with Gasteiger partial charge >= 0.3 is 0 Å². The molecule has 0 unspecified atom stereocenters. The Morgan fingerprint density at radius 1 is 1.35 bits per heavy atom. The van der Waals surface area contributed by atoms with Crippen LogP contribution in [-0.4, -0.2) is 39.6 Å². The lowest BCUT2D eigenvalue weighted by Crippen LogP contribution is -2.20. The molecule has 0 aliphatic heterocycles. The van der Waals surface area contributed by atoms with Crippen LogP contribution < -0.4 is 4.72 Å². The Morgan fingerprint density at radius 3 is 2.59 bits per heavy atom. The van der Waals surface area contributed by atoms with Gasteiger partial charge in [0.1, 0.15) is 5.82 Å². The molecule has 0 fully saturated rings. The van der Waals surface area contributed by atoms with Gasteiger partial charge in [-0.2, -0.15) is 14.5 Å². The molecule has 2 rings (SSSR count). The first-order valence-electron chi connectivity index (χ1n) is 4.61. The summed E-state index contributed by atoms with van der Waals surface area (Å²) in [5.74, 6) is 0.794. The normalized spacial score (nSPS) is 12.2. The van der Waals surface area contributed by atoms with Crippen LogP contribution in [0.1, 0.15) is 5.82 Å². The third kappa shape index (κ3) is 1.83. The third-order valence-electron chi connectivity index (χ3n) is 2.30. The predicted octanol–water partition coefficient (Wildman–Crippen LogP) is -0.591. The van der Waals surface area contributed by atoms with Crippen LogP contribution in [0.15, 0.2) is 5.16 Å². The van der Waals surface area contributed by atoms with Crippen LogP contribution in [-0.2, 0) is 17.1 Å². The van der Waals surface area contributed by atoms with Gasteiger partial charge in [-0.3, -0.25) is 0 Å². The molecule has 92 valence electrons. The van der Waals surface area contributed by atoms with Crippen molar-refractivity contribution in [2.24, 2.45) is 7.05 Å². The highest BCUT2D eigenvalue weighted by atomic mass is 32.2. The molecule has 0 spiro atoms. The van der Waals surface area contributed by atoms with Gasteiger partial charge in [-0.25, -0.2) is 13.1 Å². The molecular weight excluding hydrogens is 264 g/mol. The summed E-state index contributed by atoms with van der Waals surface area (Å²) in [6.07, 6.45) is 0. The van der Waals surface area contributed by atoms with Gasteiger partial charge in [-0.05, 0) is 26.2 Å². The van der Waals surface area contributed by atoms with E-state index in [0.717, 1.165) is 0 Å². The molecule has 2 aromatic heterocycles. The first kappa shape index (κ1) is 12.1. The summed E-state index contributed by atoms with van der Waals surface area (Å²) in [4.78, 5) is 7.93. The Hall–Kier alpha value is -1.39. The second-order valence-corrected chi connectivity index (χ2v) is 5.46. The summed E-state index contributed by atoms with van der Waals surface area (Å²) in [5, 5.41) is 3.48. The summed E-state index contributed by atoms with van der Waals surface area (Å²) >= 11 is 5.12. The number of sulfonamides is 1. The van der Waals surface area contributed by atoms with Gasteiger partial charge in [0.15, 0.2) is 0 Å². The maximum Gasteiger partial charge on any atom is 0.284 e. The topological polar surface area (TPSA) is 94.2 Å². The molecule has 0 atom stereocenters. The molecule has 0 saturated heterocycles. The highest BCUT2D eigenvalue weighted by Crippen LogP contribution is 2.06. The van der Waals surface area contributed by atoms with Crippen LogP contribution in [0.5, 0.6) is 0 Å². The van der Waals surface area contributed by atoms with Crippen LogP contribution in [0.25, 0.3) is 5.78 Å². The number of nitrogens with one attached hydrogen (secondary N) is 1. The van der Waals surface area contributed by atoms with Crippen molar-refractivity contribution in [2.45, 2.75) is 12.1 Å². The van der Waals surface area contributed by atoms with Crippen molar-refractivity contribution < 1.29 is 8.42 Å². The van der Waals surface area contributed by atoms with Crippen LogP contribution in [0, 0.1) is 11.7 Å². The van der Waals surface area contributed by atoms with Crippen LogP contribution >= 0.6 is 12.2 Å². The minimum atomic E-state index is -3.69. The lowest BCUT2D eigenvalue weighted by atomic mass is 10.7. The van der Waals surface area contributed by atoms with Gasteiger partial charge in [-0.15, -0.1) is 5.10 Å². The molecule has 17 heavy (non-hydrogen) atoms. The minimum absolute atomic E-state index is 0.166. The molecule has 0 radical (unpaired) electrons. The zero-order valence-electron chi connectivity index (χ0n) is 9.37. The standard InChI is InChI=1S/C7H10N6O2S2/c1-4-9-5-10-6(17(14,15)8-2)11-13(5)7(16)12(4)3/h8H,1-3H3. The fraction of sp³-hybridized carbons (Fsp3) is 0.429. The summed E-state index contributed by atoms with van der Waals surface area (Å²) in [6.45, 7) is 1.75. The Balaban J connectivity index is 2.85. The first-order chi connectivity index (χ1) is 7.86. The van der Waals surface area contributed by atoms with E-state index in [9.17, 15) is 8.42 Å². The smallest absolute Gasteiger partial charge is 0.284 e. The molecule has 2 heterocycles. The summed E-state index contributed by atoms with van der Waals surface area (Å²) in [5.41, 5.74) is 0. The van der Waals surface area contributed by atoms with E-state index >= 15 is 0 Å². The van der Waals surface area contributed by atoms with Gasteiger partial charge in [0.05, 0.1) is 0 Å². The zero-order chi connectivity index (χ0) is 12.8. The number of aromatic nitrogens is 5. The monoisotopic (exact) mass is 274 g/mol. The lowest BCUT2D eigenvalue weighted by molar-refractivity contribution is 0.578. The Bertz CT molecular complexity index is 744. The summed E-state index contributed by atoms with van der Waals surface area (Å²) in [7, 11) is -0.685. The Labute approximate surface area is 102 Å². The number of fused-ring (bicyclic) bond motifs is 1. The second-order valence-electron chi connectivity index (χ2n) is 3.31. The van der Waals surface area contributed by atoms with E-state index in [2.05, 4.69) is 19.8 Å². The van der Waals surface area contributed by atoms with Gasteiger partial charge in [-0.1, -0.05) is 0 Å². The highest BCUT2D eigenvalue weighted by Gasteiger charge is 2.19. The average molecular weight is 274 g/mol. The van der Waals surface area contributed by atoms with Crippen molar-refractivity contribution in [3.8, 4) is 0 Å². The van der Waals surface area contributed by atoms with Crippen molar-refractivity contribution in [3.05, 3.63) is 10.6 Å². The molecule has 0 bridgehead atoms. The predicted molar refractivity (Wildman–Crippen MR) is 61.6 cm³/mol. The SMILES string of the molecule is CNS(=O)(=O)c1nc2nc(C)n(C)c(=S)n2n1. The van der Waals surface area contributed by atoms with Gasteiger partial charge < -0.3 is 4.57 Å². The second kappa shape index (κ2) is 3.82. The maximum absolute atomic E-state index is 11.5. The van der Waals surface area contributed by atoms with Crippen LogP contribution in [0.2, 0.25) is 0 Å². The number of rotatable bonds is 2. The van der Waals surface area contributed by atoms with Crippen LogP contribution in [0.3, 0.4) is 0 Å². The van der Waals surface area contributed by atoms with E-state index in [1.807, 2.05) is 0 Å². The van der Waals surface area contributed by atoms with Gasteiger partial charge in [0.2, 0.25) is 4.77 Å². The molecular formula is C7H10N6O2S2. The number of nitrogens with zero attached hydrogens (tertiary/aromatic N) is 5. The summed E-state index contributed by atoms with van der Waals surface area (Å²) in [6, 6.07) is 0. The van der Waals surface area contributed by atoms with Gasteiger partial charge in [0.25, 0.3) is 21.0 Å². The number of hydrogen-bond donors (Lipinski definition) is 1. The van der Waals surface area contributed by atoms with Crippen molar-refractivity contribution in [2.75, 3.05) is 7.05 Å². The van der Waals surface area contributed by atoms with Crippen molar-refractivity contribution in [1.82, 2.24) is 28.9 Å². The van der Waals surface area contributed by atoms with E-state index in [1.54, 1.807) is 18.5 Å². The molecule has 10 heteroatoms. The molecule has 0 amide bonds. The fourth-order valence-corrected chi connectivity index (χ4v) is 2.02. The highest BCUT2D eigenvalue weighted by molar-refractivity contribution is 7.89. The Morgan fingerprint density at radius 2 is 2.00 bits per heavy atom. The van der Waals surface area contributed by atoms with Gasteiger partial charge in [0, 0.05) is 7.05 Å². The maximum atomic E-state index is 11.5. The fourth-order valence-electron chi connectivity index (χ4n) is 1.19. The van der Waals surface area contributed by atoms with Crippen LogP contribution in [0.4, 0.5) is 0 Å². The quantitative estimate of drug-likeness (QED) is 0.736. The number of hydrogen-bond acceptors (Lipinski definition) is 6. The van der Waals surface area contributed by atoms with E-state index in [-0.39, 0.29) is 10.9 Å². The van der Waals surface area contributed by atoms with E-state index in [0.29, 0.717) is 10.6 Å². The Kier molecular flexibility index (Phi) is 2.72. The van der Waals surface area contributed by atoms with E-state index < -0.39 is 10.0 Å². The van der Waals surface area contributed by atoms with E-state index in [1.165, 1.54) is 11.6 Å². The summed E-state index contributed by atoms with van der Waals surface area (Å²) < 4.78 is 28.4. The molecule has 0 saturated carbocycles. The molecule has 0 aromatic carbocycles. The van der Waals surface area contributed by atoms with Crippen molar-refractivity contribution >= 4 is 28.0 Å². The molecule has 1 N–H and O–H groups in total. The first-order valence-corrected chi connectivity index (χ1v) is 6.50. The molecule has 0 aliphatic rings. The molecule has 8 nitrogen and oxygen atoms in total. The average Bonchev–Trinajstić information content (AvgIpc) is 2.70. The van der Waals surface area contributed by atoms with Crippen molar-refractivity contribution in [3.63, 3.8) is 0 Å². The third-order valence-corrected chi connectivity index (χ3v) is 3.93. The zero-order valence-corrected chi connectivity index (χ0v) is 11.0. The minimum Gasteiger partial charge on any atom is -0.308 e. The number of aryl methyl sites for hydroxylation is 1.